The normalized spacial score (nSPS) is 13.6. The number of hydrogen-bond donors (Lipinski definition) is 2. The van der Waals surface area contributed by atoms with Gasteiger partial charge in [0.25, 0.3) is 0 Å². The molecule has 5 nitrogen and oxygen atoms in total. The van der Waals surface area contributed by atoms with Gasteiger partial charge in [0.2, 0.25) is 5.91 Å². The molecule has 0 bridgehead atoms. The van der Waals surface area contributed by atoms with Crippen molar-refractivity contribution < 1.29 is 14.3 Å². The number of carbonyl (C=O) groups is 1. The minimum Gasteiger partial charge on any atom is -0.487 e. The van der Waals surface area contributed by atoms with Crippen LogP contribution in [-0.4, -0.2) is 31.8 Å². The summed E-state index contributed by atoms with van der Waals surface area (Å²) in [6, 6.07) is 4.98. The van der Waals surface area contributed by atoms with Crippen LogP contribution in [0.2, 0.25) is 5.02 Å². The predicted octanol–water partition coefficient (Wildman–Crippen LogP) is 2.68. The van der Waals surface area contributed by atoms with Crippen molar-refractivity contribution in [2.45, 2.75) is 26.8 Å². The van der Waals surface area contributed by atoms with Crippen LogP contribution in [0, 0.1) is 5.92 Å². The summed E-state index contributed by atoms with van der Waals surface area (Å²) in [5.74, 6) is -0.0220. The minimum absolute atomic E-state index is 0.165. The zero-order valence-electron chi connectivity index (χ0n) is 12.7. The Bertz CT molecular complexity index is 466. The van der Waals surface area contributed by atoms with Crippen molar-refractivity contribution in [3.05, 3.63) is 23.2 Å². The Morgan fingerprint density at radius 1 is 1.38 bits per heavy atom. The number of ether oxygens (including phenoxy) is 2. The van der Waals surface area contributed by atoms with Gasteiger partial charge in [-0.2, -0.15) is 0 Å². The molecule has 3 N–H and O–H groups in total. The van der Waals surface area contributed by atoms with Crippen molar-refractivity contribution in [1.29, 1.82) is 0 Å². The Hall–Kier alpha value is -1.30. The van der Waals surface area contributed by atoms with Gasteiger partial charge in [-0.3, -0.25) is 4.79 Å². The largest absolute Gasteiger partial charge is 0.487 e. The van der Waals surface area contributed by atoms with Gasteiger partial charge in [0, 0.05) is 12.6 Å². The van der Waals surface area contributed by atoms with E-state index in [2.05, 4.69) is 5.32 Å². The lowest BCUT2D eigenvalue weighted by Crippen LogP contribution is -2.34. The van der Waals surface area contributed by atoms with Gasteiger partial charge in [-0.15, -0.1) is 0 Å². The van der Waals surface area contributed by atoms with Gasteiger partial charge in [-0.1, -0.05) is 24.6 Å². The zero-order valence-corrected chi connectivity index (χ0v) is 13.4. The molecule has 2 unspecified atom stereocenters. The third-order valence-corrected chi connectivity index (χ3v) is 3.40. The number of amides is 1. The van der Waals surface area contributed by atoms with Crippen LogP contribution in [0.4, 0.5) is 5.69 Å². The van der Waals surface area contributed by atoms with E-state index < -0.39 is 0 Å². The lowest BCUT2D eigenvalue weighted by atomic mass is 10.0. The molecule has 0 aromatic heterocycles. The summed E-state index contributed by atoms with van der Waals surface area (Å²) in [4.78, 5) is 12.1. The molecular formula is C15H23ClN2O3. The summed E-state index contributed by atoms with van der Waals surface area (Å²) < 4.78 is 10.8. The fourth-order valence-corrected chi connectivity index (χ4v) is 1.82. The van der Waals surface area contributed by atoms with Crippen LogP contribution in [-0.2, 0) is 9.53 Å². The molecule has 0 aliphatic rings. The maximum absolute atomic E-state index is 12.1. The Morgan fingerprint density at radius 3 is 2.71 bits per heavy atom. The molecule has 0 saturated heterocycles. The fraction of sp³-hybridized carbons (Fsp3) is 0.533. The molecule has 0 aliphatic carbocycles. The highest BCUT2D eigenvalue weighted by Crippen LogP contribution is 2.33. The summed E-state index contributed by atoms with van der Waals surface area (Å²) in [5, 5.41) is 3.25. The Balaban J connectivity index is 2.77. The van der Waals surface area contributed by atoms with E-state index in [0.717, 1.165) is 0 Å². The van der Waals surface area contributed by atoms with Gasteiger partial charge < -0.3 is 20.5 Å². The maximum atomic E-state index is 12.1. The Kier molecular flexibility index (Phi) is 7.50. The van der Waals surface area contributed by atoms with E-state index in [1.54, 1.807) is 32.0 Å². The van der Waals surface area contributed by atoms with Gasteiger partial charge in [0.1, 0.15) is 6.61 Å². The van der Waals surface area contributed by atoms with Crippen LogP contribution in [0.5, 0.6) is 5.75 Å². The molecule has 2 atom stereocenters. The van der Waals surface area contributed by atoms with Crippen LogP contribution < -0.4 is 15.8 Å². The average Bonchev–Trinajstić information content (AvgIpc) is 2.44. The second-order valence-electron chi connectivity index (χ2n) is 4.80. The van der Waals surface area contributed by atoms with Crippen LogP contribution >= 0.6 is 11.6 Å². The van der Waals surface area contributed by atoms with Crippen LogP contribution in [0.1, 0.15) is 20.8 Å². The summed E-state index contributed by atoms with van der Waals surface area (Å²) in [7, 11) is 0. The van der Waals surface area contributed by atoms with Crippen LogP contribution in [0.25, 0.3) is 0 Å². The fourth-order valence-electron chi connectivity index (χ4n) is 1.59. The molecule has 0 heterocycles. The second kappa shape index (κ2) is 8.87. The number of nitrogens with one attached hydrogen (secondary N) is 1. The number of anilines is 1. The lowest BCUT2D eigenvalue weighted by molar-refractivity contribution is -0.119. The molecule has 1 aromatic rings. The molecule has 1 aromatic carbocycles. The van der Waals surface area contributed by atoms with E-state index >= 15 is 0 Å². The quantitative estimate of drug-likeness (QED) is 0.724. The van der Waals surface area contributed by atoms with E-state index in [1.165, 1.54) is 0 Å². The van der Waals surface area contributed by atoms with E-state index in [4.69, 9.17) is 26.8 Å². The first-order chi connectivity index (χ1) is 9.97. The number of rotatable bonds is 8. The van der Waals surface area contributed by atoms with Gasteiger partial charge in [0.05, 0.1) is 23.2 Å². The molecule has 0 spiro atoms. The lowest BCUT2D eigenvalue weighted by Gasteiger charge is -2.18. The molecule has 0 aliphatic heterocycles. The van der Waals surface area contributed by atoms with Crippen molar-refractivity contribution in [2.75, 3.05) is 25.1 Å². The molecule has 118 valence electrons. The number of hydrogen-bond acceptors (Lipinski definition) is 4. The third kappa shape index (κ3) is 5.53. The minimum atomic E-state index is -0.305. The van der Waals surface area contributed by atoms with Gasteiger partial charge in [-0.05, 0) is 26.0 Å². The molecule has 1 rings (SSSR count). The Labute approximate surface area is 130 Å². The molecule has 1 amide bonds. The highest BCUT2D eigenvalue weighted by atomic mass is 35.5. The van der Waals surface area contributed by atoms with Crippen molar-refractivity contribution in [1.82, 2.24) is 0 Å². The second-order valence-corrected chi connectivity index (χ2v) is 5.21. The van der Waals surface area contributed by atoms with E-state index in [1.807, 2.05) is 6.92 Å². The molecule has 0 saturated carbocycles. The van der Waals surface area contributed by atoms with Crippen molar-refractivity contribution in [3.63, 3.8) is 0 Å². The number of para-hydroxylation sites is 1. The summed E-state index contributed by atoms with van der Waals surface area (Å²) in [5.41, 5.74) is 6.28. The Morgan fingerprint density at radius 2 is 2.10 bits per heavy atom. The summed E-state index contributed by atoms with van der Waals surface area (Å²) in [6.45, 7) is 6.94. The van der Waals surface area contributed by atoms with Gasteiger partial charge >= 0.3 is 0 Å². The van der Waals surface area contributed by atoms with Crippen molar-refractivity contribution in [2.24, 2.45) is 11.7 Å². The van der Waals surface area contributed by atoms with Crippen molar-refractivity contribution >= 4 is 23.2 Å². The number of benzene rings is 1. The summed E-state index contributed by atoms with van der Waals surface area (Å²) >= 11 is 6.13. The van der Waals surface area contributed by atoms with E-state index in [9.17, 15) is 4.79 Å². The third-order valence-electron chi connectivity index (χ3n) is 3.11. The highest BCUT2D eigenvalue weighted by molar-refractivity contribution is 6.32. The highest BCUT2D eigenvalue weighted by Gasteiger charge is 2.19. The van der Waals surface area contributed by atoms with E-state index in [-0.39, 0.29) is 17.9 Å². The summed E-state index contributed by atoms with van der Waals surface area (Å²) in [6.07, 6.45) is 0. The first-order valence-electron chi connectivity index (χ1n) is 7.02. The standard InChI is InChI=1S/C15H23ClN2O3/c1-4-20-8-9-21-14-12(16)6-5-7-13(14)18-15(19)10(2)11(3)17/h5-7,10-11H,4,8-9,17H2,1-3H3,(H,18,19). The van der Waals surface area contributed by atoms with Gasteiger partial charge in [0.15, 0.2) is 5.75 Å². The molecule has 6 heteroatoms. The van der Waals surface area contributed by atoms with Gasteiger partial charge in [-0.25, -0.2) is 0 Å². The topological polar surface area (TPSA) is 73.6 Å². The van der Waals surface area contributed by atoms with Crippen molar-refractivity contribution in [3.8, 4) is 5.75 Å². The number of nitrogens with two attached hydrogens (primary N) is 1. The first-order valence-corrected chi connectivity index (χ1v) is 7.40. The average molecular weight is 315 g/mol. The van der Waals surface area contributed by atoms with Crippen LogP contribution in [0.15, 0.2) is 18.2 Å². The molecule has 0 radical (unpaired) electrons. The smallest absolute Gasteiger partial charge is 0.228 e. The SMILES string of the molecule is CCOCCOc1c(Cl)cccc1NC(=O)C(C)C(C)N. The van der Waals surface area contributed by atoms with Crippen LogP contribution in [0.3, 0.4) is 0 Å². The molecule has 0 fully saturated rings. The number of halogens is 1. The first kappa shape index (κ1) is 17.8. The maximum Gasteiger partial charge on any atom is 0.228 e. The van der Waals surface area contributed by atoms with E-state index in [0.29, 0.717) is 36.3 Å². The predicted molar refractivity (Wildman–Crippen MR) is 84.9 cm³/mol. The molecule has 21 heavy (non-hydrogen) atoms. The molecular weight excluding hydrogens is 292 g/mol. The monoisotopic (exact) mass is 314 g/mol. The zero-order chi connectivity index (χ0) is 15.8. The number of carbonyl (C=O) groups excluding carboxylic acids is 1.